The molecule has 1 aliphatic heterocycles. The van der Waals surface area contributed by atoms with Crippen LogP contribution in [0.5, 0.6) is 0 Å². The topological polar surface area (TPSA) is 59.2 Å². The fraction of sp³-hybridized carbons (Fsp3) is 0.412. The Balaban J connectivity index is 1.90. The van der Waals surface area contributed by atoms with Crippen LogP contribution in [0.3, 0.4) is 0 Å². The highest BCUT2D eigenvalue weighted by Gasteiger charge is 2.29. The van der Waals surface area contributed by atoms with Crippen molar-refractivity contribution in [2.24, 2.45) is 11.7 Å². The summed E-state index contributed by atoms with van der Waals surface area (Å²) in [5, 5.41) is 0.924. The molecule has 0 radical (unpaired) electrons. The maximum Gasteiger partial charge on any atom is 0.254 e. The third kappa shape index (κ3) is 2.63. The van der Waals surface area contributed by atoms with E-state index in [1.54, 1.807) is 6.20 Å². The molecule has 2 N–H and O–H groups in total. The molecule has 0 spiro atoms. The van der Waals surface area contributed by atoms with Crippen LogP contribution in [0.1, 0.15) is 30.1 Å². The molecule has 3 rings (SSSR count). The van der Waals surface area contributed by atoms with E-state index in [-0.39, 0.29) is 11.9 Å². The fourth-order valence-electron chi connectivity index (χ4n) is 3.13. The van der Waals surface area contributed by atoms with E-state index in [0.29, 0.717) is 5.92 Å². The first kappa shape index (κ1) is 14.0. The summed E-state index contributed by atoms with van der Waals surface area (Å²) in [4.78, 5) is 19.1. The van der Waals surface area contributed by atoms with Gasteiger partial charge in [-0.3, -0.25) is 9.78 Å². The standard InChI is InChI=1S/C17H21N3O/c1-2-12-11-20(10-8-15(12)18)17(21)14-5-3-7-16-13(14)6-4-9-19-16/h3-7,9,12,15H,2,8,10-11,18H2,1H3. The summed E-state index contributed by atoms with van der Waals surface area (Å²) in [6.07, 6.45) is 3.65. The molecule has 2 aromatic rings. The van der Waals surface area contributed by atoms with Crippen LogP contribution in [0, 0.1) is 5.92 Å². The van der Waals surface area contributed by atoms with Gasteiger partial charge >= 0.3 is 0 Å². The van der Waals surface area contributed by atoms with Crippen molar-refractivity contribution in [1.29, 1.82) is 0 Å². The number of nitrogens with two attached hydrogens (primary N) is 1. The number of aromatic nitrogens is 1. The molecule has 2 heterocycles. The molecular formula is C17H21N3O. The summed E-state index contributed by atoms with van der Waals surface area (Å²) >= 11 is 0. The van der Waals surface area contributed by atoms with E-state index >= 15 is 0 Å². The Morgan fingerprint density at radius 1 is 1.38 bits per heavy atom. The Morgan fingerprint density at radius 2 is 2.24 bits per heavy atom. The van der Waals surface area contributed by atoms with Gasteiger partial charge in [0, 0.05) is 36.3 Å². The van der Waals surface area contributed by atoms with E-state index in [1.165, 1.54) is 0 Å². The third-order valence-electron chi connectivity index (χ3n) is 4.48. The number of likely N-dealkylation sites (tertiary alicyclic amines) is 1. The first-order valence-corrected chi connectivity index (χ1v) is 7.59. The maximum atomic E-state index is 12.8. The lowest BCUT2D eigenvalue weighted by molar-refractivity contribution is 0.0651. The second kappa shape index (κ2) is 5.82. The maximum absolute atomic E-state index is 12.8. The summed E-state index contributed by atoms with van der Waals surface area (Å²) in [7, 11) is 0. The van der Waals surface area contributed by atoms with E-state index in [1.807, 2.05) is 35.2 Å². The smallest absolute Gasteiger partial charge is 0.254 e. The lowest BCUT2D eigenvalue weighted by Crippen LogP contribution is -2.49. The number of benzene rings is 1. The molecule has 2 unspecified atom stereocenters. The van der Waals surface area contributed by atoms with E-state index in [0.717, 1.165) is 42.4 Å². The third-order valence-corrected chi connectivity index (χ3v) is 4.48. The van der Waals surface area contributed by atoms with E-state index in [2.05, 4.69) is 11.9 Å². The average molecular weight is 283 g/mol. The van der Waals surface area contributed by atoms with Crippen LogP contribution in [0.2, 0.25) is 0 Å². The predicted octanol–water partition coefficient (Wildman–Crippen LogP) is 2.43. The lowest BCUT2D eigenvalue weighted by Gasteiger charge is -2.36. The minimum Gasteiger partial charge on any atom is -0.338 e. The molecule has 1 aromatic carbocycles. The Morgan fingerprint density at radius 3 is 3.05 bits per heavy atom. The molecule has 110 valence electrons. The molecule has 4 nitrogen and oxygen atoms in total. The number of nitrogens with zero attached hydrogens (tertiary/aromatic N) is 2. The van der Waals surface area contributed by atoms with Crippen LogP contribution < -0.4 is 5.73 Å². The van der Waals surface area contributed by atoms with Crippen LogP contribution in [0.25, 0.3) is 10.9 Å². The second-order valence-corrected chi connectivity index (χ2v) is 5.75. The van der Waals surface area contributed by atoms with E-state index < -0.39 is 0 Å². The Labute approximate surface area is 125 Å². The Hall–Kier alpha value is -1.94. The van der Waals surface area contributed by atoms with Crippen LogP contribution in [0.4, 0.5) is 0 Å². The van der Waals surface area contributed by atoms with E-state index in [9.17, 15) is 4.79 Å². The zero-order valence-corrected chi connectivity index (χ0v) is 12.3. The number of rotatable bonds is 2. The number of amides is 1. The summed E-state index contributed by atoms with van der Waals surface area (Å²) in [5.41, 5.74) is 7.74. The number of pyridine rings is 1. The van der Waals surface area contributed by atoms with Gasteiger partial charge in [-0.25, -0.2) is 0 Å². The van der Waals surface area contributed by atoms with Crippen LogP contribution >= 0.6 is 0 Å². The summed E-state index contributed by atoms with van der Waals surface area (Å²) in [5.74, 6) is 0.495. The molecule has 1 amide bonds. The molecule has 1 saturated heterocycles. The molecule has 0 aliphatic carbocycles. The molecule has 4 heteroatoms. The van der Waals surface area contributed by atoms with Gasteiger partial charge in [0.25, 0.3) is 5.91 Å². The zero-order chi connectivity index (χ0) is 14.8. The van der Waals surface area contributed by atoms with Crippen molar-refractivity contribution in [2.45, 2.75) is 25.8 Å². The average Bonchev–Trinajstić information content (AvgIpc) is 2.54. The van der Waals surface area contributed by atoms with Crippen LogP contribution in [0.15, 0.2) is 36.5 Å². The van der Waals surface area contributed by atoms with Gasteiger partial charge in [0.1, 0.15) is 0 Å². The van der Waals surface area contributed by atoms with Crippen LogP contribution in [-0.4, -0.2) is 34.9 Å². The quantitative estimate of drug-likeness (QED) is 0.921. The summed E-state index contributed by atoms with van der Waals surface area (Å²) in [6, 6.07) is 9.78. The van der Waals surface area contributed by atoms with Crippen molar-refractivity contribution in [3.05, 3.63) is 42.1 Å². The summed E-state index contributed by atoms with van der Waals surface area (Å²) in [6.45, 7) is 3.64. The normalized spacial score (nSPS) is 22.5. The van der Waals surface area contributed by atoms with Gasteiger partial charge in [0.2, 0.25) is 0 Å². The first-order chi connectivity index (χ1) is 10.2. The number of piperidine rings is 1. The van der Waals surface area contributed by atoms with Gasteiger partial charge in [-0.05, 0) is 30.5 Å². The monoisotopic (exact) mass is 283 g/mol. The molecule has 0 saturated carbocycles. The molecular weight excluding hydrogens is 262 g/mol. The number of carbonyl (C=O) groups is 1. The zero-order valence-electron chi connectivity index (χ0n) is 12.3. The highest BCUT2D eigenvalue weighted by molar-refractivity contribution is 6.06. The number of fused-ring (bicyclic) bond motifs is 1. The number of carbonyl (C=O) groups excluding carboxylic acids is 1. The number of hydrogen-bond donors (Lipinski definition) is 1. The summed E-state index contributed by atoms with van der Waals surface area (Å²) < 4.78 is 0. The van der Waals surface area contributed by atoms with Crippen molar-refractivity contribution in [2.75, 3.05) is 13.1 Å². The molecule has 0 bridgehead atoms. The minimum atomic E-state index is 0.0963. The van der Waals surface area contributed by atoms with Gasteiger partial charge in [0.15, 0.2) is 0 Å². The Bertz CT molecular complexity index is 650. The molecule has 21 heavy (non-hydrogen) atoms. The lowest BCUT2D eigenvalue weighted by atomic mass is 9.90. The van der Waals surface area contributed by atoms with Gasteiger partial charge < -0.3 is 10.6 Å². The molecule has 2 atom stereocenters. The van der Waals surface area contributed by atoms with Gasteiger partial charge in [-0.15, -0.1) is 0 Å². The highest BCUT2D eigenvalue weighted by atomic mass is 16.2. The van der Waals surface area contributed by atoms with Gasteiger partial charge in [-0.1, -0.05) is 25.5 Å². The van der Waals surface area contributed by atoms with Crippen LogP contribution in [-0.2, 0) is 0 Å². The largest absolute Gasteiger partial charge is 0.338 e. The predicted molar refractivity (Wildman–Crippen MR) is 84.0 cm³/mol. The van der Waals surface area contributed by atoms with Crippen molar-refractivity contribution in [1.82, 2.24) is 9.88 Å². The van der Waals surface area contributed by atoms with E-state index in [4.69, 9.17) is 5.73 Å². The van der Waals surface area contributed by atoms with Gasteiger partial charge in [-0.2, -0.15) is 0 Å². The van der Waals surface area contributed by atoms with Gasteiger partial charge in [0.05, 0.1) is 5.52 Å². The molecule has 1 fully saturated rings. The second-order valence-electron chi connectivity index (χ2n) is 5.75. The van der Waals surface area contributed by atoms with Crippen molar-refractivity contribution in [3.63, 3.8) is 0 Å². The molecule has 1 aliphatic rings. The SMILES string of the molecule is CCC1CN(C(=O)c2cccc3ncccc23)CCC1N. The Kier molecular flexibility index (Phi) is 3.88. The van der Waals surface area contributed by atoms with Crippen molar-refractivity contribution < 1.29 is 4.79 Å². The molecule has 1 aromatic heterocycles. The minimum absolute atomic E-state index is 0.0963. The number of hydrogen-bond acceptors (Lipinski definition) is 3. The first-order valence-electron chi connectivity index (χ1n) is 7.59. The van der Waals surface area contributed by atoms with Crippen molar-refractivity contribution in [3.8, 4) is 0 Å². The van der Waals surface area contributed by atoms with Crippen molar-refractivity contribution >= 4 is 16.8 Å². The fourth-order valence-corrected chi connectivity index (χ4v) is 3.13. The highest BCUT2D eigenvalue weighted by Crippen LogP contribution is 2.23.